The number of amides is 1. The van der Waals surface area contributed by atoms with Crippen LogP contribution in [0.4, 0.5) is 5.69 Å². The summed E-state index contributed by atoms with van der Waals surface area (Å²) in [5, 5.41) is 10.3. The van der Waals surface area contributed by atoms with E-state index in [9.17, 15) is 9.90 Å². The first kappa shape index (κ1) is 15.6. The molecule has 1 aliphatic rings. The third-order valence-electron chi connectivity index (χ3n) is 3.93. The van der Waals surface area contributed by atoms with E-state index in [1.807, 2.05) is 12.1 Å². The molecule has 5 heteroatoms. The zero-order valence-corrected chi connectivity index (χ0v) is 12.5. The van der Waals surface area contributed by atoms with Gasteiger partial charge in [0.15, 0.2) is 0 Å². The van der Waals surface area contributed by atoms with Gasteiger partial charge in [-0.1, -0.05) is 18.9 Å². The molecule has 5 nitrogen and oxygen atoms in total. The van der Waals surface area contributed by atoms with Gasteiger partial charge < -0.3 is 20.5 Å². The van der Waals surface area contributed by atoms with Crippen LogP contribution < -0.4 is 10.5 Å². The highest BCUT2D eigenvalue weighted by molar-refractivity contribution is 5.76. The zero-order chi connectivity index (χ0) is 15.3. The fraction of sp³-hybridized carbons (Fsp3) is 0.562. The maximum atomic E-state index is 12.0. The van der Waals surface area contributed by atoms with Crippen molar-refractivity contribution in [2.24, 2.45) is 0 Å². The highest BCUT2D eigenvalue weighted by Crippen LogP contribution is 2.30. The number of nitrogens with two attached hydrogens (primary N) is 1. The van der Waals surface area contributed by atoms with Crippen LogP contribution >= 0.6 is 0 Å². The average Bonchev–Trinajstić information content (AvgIpc) is 2.85. The largest absolute Gasteiger partial charge is 0.493 e. The molecule has 0 aliphatic heterocycles. The summed E-state index contributed by atoms with van der Waals surface area (Å²) in [5.74, 6) is 0.652. The van der Waals surface area contributed by atoms with E-state index in [2.05, 4.69) is 0 Å². The molecule has 1 aliphatic carbocycles. The topological polar surface area (TPSA) is 75.8 Å². The first-order valence-corrected chi connectivity index (χ1v) is 7.43. The lowest BCUT2D eigenvalue weighted by molar-refractivity contribution is -0.133. The monoisotopic (exact) mass is 292 g/mol. The summed E-state index contributed by atoms with van der Waals surface area (Å²) < 4.78 is 5.51. The van der Waals surface area contributed by atoms with E-state index in [1.165, 1.54) is 0 Å². The van der Waals surface area contributed by atoms with Crippen LogP contribution in [0.15, 0.2) is 24.3 Å². The van der Waals surface area contributed by atoms with Gasteiger partial charge in [0.2, 0.25) is 5.91 Å². The number of benzene rings is 1. The number of nitrogen functional groups attached to an aromatic ring is 1. The Labute approximate surface area is 125 Å². The molecule has 0 unspecified atom stereocenters. The Kier molecular flexibility index (Phi) is 5.07. The highest BCUT2D eigenvalue weighted by atomic mass is 16.5. The molecule has 3 N–H and O–H groups in total. The quantitative estimate of drug-likeness (QED) is 0.784. The lowest BCUT2D eigenvalue weighted by atomic mass is 10.0. The van der Waals surface area contributed by atoms with Crippen molar-refractivity contribution in [2.75, 3.05) is 25.9 Å². The molecule has 0 atom stereocenters. The van der Waals surface area contributed by atoms with Gasteiger partial charge in [0.25, 0.3) is 0 Å². The number of hydrogen-bond donors (Lipinski definition) is 2. The van der Waals surface area contributed by atoms with Gasteiger partial charge in [-0.25, -0.2) is 0 Å². The van der Waals surface area contributed by atoms with Gasteiger partial charge >= 0.3 is 0 Å². The standard InChI is InChI=1S/C16H24N2O3/c1-18(12-16(20)8-2-3-9-16)15(19)7-10-21-14-6-4-5-13(17)11-14/h4-6,11,20H,2-3,7-10,12,17H2,1H3. The van der Waals surface area contributed by atoms with E-state index in [0.717, 1.165) is 25.7 Å². The molecule has 0 aromatic heterocycles. The van der Waals surface area contributed by atoms with Crippen molar-refractivity contribution >= 4 is 11.6 Å². The minimum Gasteiger partial charge on any atom is -0.493 e. The SMILES string of the molecule is CN(CC1(O)CCCC1)C(=O)CCOc1cccc(N)c1. The predicted octanol–water partition coefficient (Wildman–Crippen LogP) is 1.80. The Morgan fingerprint density at radius 1 is 1.43 bits per heavy atom. The molecule has 1 fully saturated rings. The minimum atomic E-state index is -0.695. The summed E-state index contributed by atoms with van der Waals surface area (Å²) in [6, 6.07) is 7.14. The van der Waals surface area contributed by atoms with Crippen LogP contribution in [0.25, 0.3) is 0 Å². The second kappa shape index (κ2) is 6.80. The Hall–Kier alpha value is -1.75. The van der Waals surface area contributed by atoms with Gasteiger partial charge in [-0.15, -0.1) is 0 Å². The van der Waals surface area contributed by atoms with Gasteiger partial charge in [-0.2, -0.15) is 0 Å². The number of ether oxygens (including phenoxy) is 1. The molecular weight excluding hydrogens is 268 g/mol. The van der Waals surface area contributed by atoms with E-state index in [0.29, 0.717) is 31.0 Å². The summed E-state index contributed by atoms with van der Waals surface area (Å²) in [6.07, 6.45) is 3.93. The van der Waals surface area contributed by atoms with E-state index >= 15 is 0 Å². The average molecular weight is 292 g/mol. The Balaban J connectivity index is 1.73. The number of nitrogens with zero attached hydrogens (tertiary/aromatic N) is 1. The molecule has 1 saturated carbocycles. The number of hydrogen-bond acceptors (Lipinski definition) is 4. The number of aliphatic hydroxyl groups is 1. The van der Waals surface area contributed by atoms with Crippen LogP contribution in [0.3, 0.4) is 0 Å². The number of carbonyl (C=O) groups excluding carboxylic acids is 1. The maximum absolute atomic E-state index is 12.0. The molecule has 0 spiro atoms. The summed E-state index contributed by atoms with van der Waals surface area (Å²) in [4.78, 5) is 13.6. The fourth-order valence-corrected chi connectivity index (χ4v) is 2.77. The van der Waals surface area contributed by atoms with Crippen LogP contribution in [0, 0.1) is 0 Å². The number of carbonyl (C=O) groups is 1. The molecule has 1 aromatic rings. The number of likely N-dealkylation sites (N-methyl/N-ethyl adjacent to an activating group) is 1. The van der Waals surface area contributed by atoms with Crippen molar-refractivity contribution in [3.8, 4) is 5.75 Å². The Morgan fingerprint density at radius 2 is 2.14 bits per heavy atom. The zero-order valence-electron chi connectivity index (χ0n) is 12.5. The molecule has 1 aromatic carbocycles. The van der Waals surface area contributed by atoms with E-state index in [4.69, 9.17) is 10.5 Å². The molecule has 116 valence electrons. The molecule has 0 heterocycles. The second-order valence-electron chi connectivity index (χ2n) is 5.85. The van der Waals surface area contributed by atoms with Gasteiger partial charge in [0.1, 0.15) is 5.75 Å². The van der Waals surface area contributed by atoms with Crippen molar-refractivity contribution in [3.05, 3.63) is 24.3 Å². The Morgan fingerprint density at radius 3 is 2.81 bits per heavy atom. The molecule has 0 radical (unpaired) electrons. The summed E-state index contributed by atoms with van der Waals surface area (Å²) in [5.41, 5.74) is 5.60. The highest BCUT2D eigenvalue weighted by Gasteiger charge is 2.33. The summed E-state index contributed by atoms with van der Waals surface area (Å²) in [7, 11) is 1.74. The second-order valence-corrected chi connectivity index (χ2v) is 5.85. The van der Waals surface area contributed by atoms with Crippen LogP contribution in [-0.4, -0.2) is 41.7 Å². The maximum Gasteiger partial charge on any atom is 0.225 e. The van der Waals surface area contributed by atoms with Crippen LogP contribution in [-0.2, 0) is 4.79 Å². The minimum absolute atomic E-state index is 0.0146. The van der Waals surface area contributed by atoms with E-state index < -0.39 is 5.60 Å². The molecule has 21 heavy (non-hydrogen) atoms. The van der Waals surface area contributed by atoms with Gasteiger partial charge in [0, 0.05) is 25.3 Å². The summed E-state index contributed by atoms with van der Waals surface area (Å²) >= 11 is 0. The van der Waals surface area contributed by atoms with Crippen molar-refractivity contribution in [1.29, 1.82) is 0 Å². The smallest absolute Gasteiger partial charge is 0.225 e. The number of anilines is 1. The molecule has 0 saturated heterocycles. The molecular formula is C16H24N2O3. The predicted molar refractivity (Wildman–Crippen MR) is 82.0 cm³/mol. The first-order chi connectivity index (χ1) is 9.98. The van der Waals surface area contributed by atoms with Gasteiger partial charge in [-0.05, 0) is 25.0 Å². The third-order valence-corrected chi connectivity index (χ3v) is 3.93. The lowest BCUT2D eigenvalue weighted by Crippen LogP contribution is -2.42. The van der Waals surface area contributed by atoms with Crippen LogP contribution in [0.2, 0.25) is 0 Å². The van der Waals surface area contributed by atoms with Crippen molar-refractivity contribution in [1.82, 2.24) is 4.90 Å². The third kappa shape index (κ3) is 4.63. The van der Waals surface area contributed by atoms with Crippen LogP contribution in [0.1, 0.15) is 32.1 Å². The van der Waals surface area contributed by atoms with Crippen molar-refractivity contribution in [3.63, 3.8) is 0 Å². The van der Waals surface area contributed by atoms with Crippen LogP contribution in [0.5, 0.6) is 5.75 Å². The first-order valence-electron chi connectivity index (χ1n) is 7.43. The summed E-state index contributed by atoms with van der Waals surface area (Å²) in [6.45, 7) is 0.717. The lowest BCUT2D eigenvalue weighted by Gasteiger charge is -2.28. The van der Waals surface area contributed by atoms with Gasteiger partial charge in [-0.3, -0.25) is 4.79 Å². The molecule has 2 rings (SSSR count). The fourth-order valence-electron chi connectivity index (χ4n) is 2.77. The molecule has 0 bridgehead atoms. The molecule has 1 amide bonds. The van der Waals surface area contributed by atoms with Crippen molar-refractivity contribution < 1.29 is 14.6 Å². The van der Waals surface area contributed by atoms with E-state index in [1.54, 1.807) is 24.1 Å². The van der Waals surface area contributed by atoms with Gasteiger partial charge in [0.05, 0.1) is 18.6 Å². The number of rotatable bonds is 6. The van der Waals surface area contributed by atoms with Crippen molar-refractivity contribution in [2.45, 2.75) is 37.7 Å². The van der Waals surface area contributed by atoms with E-state index in [-0.39, 0.29) is 5.91 Å². The normalized spacial score (nSPS) is 16.7. The Bertz CT molecular complexity index is 484.